The average Bonchev–Trinajstić information content (AvgIpc) is 3.33. The minimum absolute atomic E-state index is 0.0772. The van der Waals surface area contributed by atoms with Crippen LogP contribution in [-0.2, 0) is 6.54 Å². The first-order chi connectivity index (χ1) is 14.1. The van der Waals surface area contributed by atoms with Crippen LogP contribution < -0.4 is 10.6 Å². The van der Waals surface area contributed by atoms with Gasteiger partial charge in [0.05, 0.1) is 23.1 Å². The van der Waals surface area contributed by atoms with Crippen molar-refractivity contribution in [2.24, 2.45) is 0 Å². The lowest BCUT2D eigenvalue weighted by Gasteiger charge is -2.13. The van der Waals surface area contributed by atoms with E-state index in [0.29, 0.717) is 29.3 Å². The van der Waals surface area contributed by atoms with Gasteiger partial charge < -0.3 is 10.6 Å². The van der Waals surface area contributed by atoms with Crippen molar-refractivity contribution in [1.29, 1.82) is 0 Å². The molecule has 0 fully saturated rings. The van der Waals surface area contributed by atoms with Crippen molar-refractivity contribution in [2.45, 2.75) is 13.0 Å². The van der Waals surface area contributed by atoms with Gasteiger partial charge in [-0.3, -0.25) is 9.20 Å². The molecular weight excluding hydrogens is 376 g/mol. The second-order valence-corrected chi connectivity index (χ2v) is 6.67. The highest BCUT2D eigenvalue weighted by Crippen LogP contribution is 2.35. The molecule has 0 aliphatic carbocycles. The number of alkyl halides is 2. The summed E-state index contributed by atoms with van der Waals surface area (Å²) < 4.78 is 27.7. The molecule has 0 unspecified atom stereocenters. The lowest BCUT2D eigenvalue weighted by Crippen LogP contribution is -2.13. The molecule has 5 rings (SSSR count). The van der Waals surface area contributed by atoms with Gasteiger partial charge in [0.2, 0.25) is 0 Å². The quantitative estimate of drug-likeness (QED) is 0.544. The van der Waals surface area contributed by atoms with E-state index < -0.39 is 6.43 Å². The van der Waals surface area contributed by atoms with Crippen molar-refractivity contribution >= 4 is 23.1 Å². The number of hydrogen-bond donors (Lipinski definition) is 2. The van der Waals surface area contributed by atoms with Crippen LogP contribution in [0.4, 0.5) is 20.3 Å². The van der Waals surface area contributed by atoms with Crippen molar-refractivity contribution < 1.29 is 13.6 Å². The molecule has 1 aliphatic rings. The van der Waals surface area contributed by atoms with Crippen LogP contribution in [0, 0.1) is 0 Å². The van der Waals surface area contributed by atoms with Crippen molar-refractivity contribution in [3.8, 4) is 11.3 Å². The number of nitrogens with one attached hydrogen (secondary N) is 2. The van der Waals surface area contributed by atoms with Crippen molar-refractivity contribution in [1.82, 2.24) is 19.7 Å². The molecule has 1 aromatic carbocycles. The third-order valence-corrected chi connectivity index (χ3v) is 4.96. The van der Waals surface area contributed by atoms with E-state index in [4.69, 9.17) is 0 Å². The summed E-state index contributed by atoms with van der Waals surface area (Å²) in [6.45, 7) is 0.379. The van der Waals surface area contributed by atoms with Crippen LogP contribution in [0.3, 0.4) is 0 Å². The Kier molecular flexibility index (Phi) is 3.97. The maximum absolute atomic E-state index is 13.0. The fraction of sp³-hybridized carbons (Fsp3) is 0.0952. The van der Waals surface area contributed by atoms with Gasteiger partial charge in [-0.25, -0.2) is 18.7 Å². The predicted molar refractivity (Wildman–Crippen MR) is 104 cm³/mol. The number of carbonyl (C=O) groups excluding carboxylic acids is 1. The monoisotopic (exact) mass is 391 g/mol. The molecule has 144 valence electrons. The summed E-state index contributed by atoms with van der Waals surface area (Å²) in [5, 5.41) is 6.04. The zero-order valence-corrected chi connectivity index (χ0v) is 15.1. The van der Waals surface area contributed by atoms with Gasteiger partial charge in [-0.1, -0.05) is 12.1 Å². The van der Waals surface area contributed by atoms with Gasteiger partial charge in [-0.05, 0) is 35.9 Å². The van der Waals surface area contributed by atoms with Crippen LogP contribution in [-0.4, -0.2) is 20.3 Å². The van der Waals surface area contributed by atoms with Crippen molar-refractivity contribution in [2.75, 3.05) is 5.32 Å². The van der Waals surface area contributed by atoms with E-state index >= 15 is 0 Å². The van der Waals surface area contributed by atoms with Crippen LogP contribution >= 0.6 is 0 Å². The fourth-order valence-corrected chi connectivity index (χ4v) is 3.60. The summed E-state index contributed by atoms with van der Waals surface area (Å²) in [6.07, 6.45) is 2.33. The minimum Gasteiger partial charge on any atom is -0.348 e. The first-order valence-electron chi connectivity index (χ1n) is 8.99. The highest BCUT2D eigenvalue weighted by molar-refractivity contribution is 6.06. The highest BCUT2D eigenvalue weighted by atomic mass is 19.3. The third-order valence-electron chi connectivity index (χ3n) is 4.96. The number of halogens is 2. The zero-order chi connectivity index (χ0) is 20.0. The number of nitrogens with zero attached hydrogens (tertiary/aromatic N) is 3. The predicted octanol–water partition coefficient (Wildman–Crippen LogP) is 4.32. The molecule has 6 nitrogen and oxygen atoms in total. The maximum Gasteiger partial charge on any atom is 0.264 e. The summed E-state index contributed by atoms with van der Waals surface area (Å²) in [4.78, 5) is 21.0. The van der Waals surface area contributed by atoms with E-state index in [0.717, 1.165) is 16.8 Å². The number of aromatic nitrogens is 3. The topological polar surface area (TPSA) is 71.3 Å². The second-order valence-electron chi connectivity index (χ2n) is 6.67. The summed E-state index contributed by atoms with van der Waals surface area (Å²) in [6, 6.07) is 12.0. The number of amides is 1. The smallest absolute Gasteiger partial charge is 0.264 e. The van der Waals surface area contributed by atoms with Gasteiger partial charge in [0, 0.05) is 30.1 Å². The lowest BCUT2D eigenvalue weighted by molar-refractivity contribution is 0.0966. The standard InChI is InChI=1S/C21H15F2N5O/c22-20(23)12-6-8-28-16(11-25-18(28)9-12)13-4-5-15(19-14(13)10-26-21(19)29)27-17-3-1-2-7-24-17/h1-9,11,20H,10H2,(H,24,27)(H,26,29). The van der Waals surface area contributed by atoms with Crippen molar-refractivity contribution in [3.63, 3.8) is 0 Å². The Hall–Kier alpha value is -3.81. The van der Waals surface area contributed by atoms with Gasteiger partial charge >= 0.3 is 0 Å². The molecule has 0 radical (unpaired) electrons. The van der Waals surface area contributed by atoms with E-state index in [9.17, 15) is 13.6 Å². The lowest BCUT2D eigenvalue weighted by atomic mass is 9.99. The van der Waals surface area contributed by atoms with E-state index in [-0.39, 0.29) is 11.5 Å². The molecule has 3 aromatic heterocycles. The molecule has 0 saturated heterocycles. The summed E-state index contributed by atoms with van der Waals surface area (Å²) in [7, 11) is 0. The number of carbonyl (C=O) groups is 1. The normalized spacial score (nSPS) is 13.0. The molecule has 8 heteroatoms. The van der Waals surface area contributed by atoms with E-state index in [1.807, 2.05) is 30.3 Å². The number of benzene rings is 1. The minimum atomic E-state index is -2.55. The Morgan fingerprint density at radius 2 is 2.03 bits per heavy atom. The van der Waals surface area contributed by atoms with E-state index in [1.54, 1.807) is 23.0 Å². The SMILES string of the molecule is O=C1NCc2c(-c3cnc4cc(C(F)F)ccn34)ccc(Nc3ccccn3)c21. The number of imidazole rings is 1. The third kappa shape index (κ3) is 2.89. The Bertz CT molecular complexity index is 1240. The Labute approximate surface area is 164 Å². The molecule has 1 aliphatic heterocycles. The highest BCUT2D eigenvalue weighted by Gasteiger charge is 2.27. The summed E-state index contributed by atoms with van der Waals surface area (Å²) in [5.74, 6) is 0.463. The molecule has 4 aromatic rings. The summed E-state index contributed by atoms with van der Waals surface area (Å²) in [5.41, 5.74) is 3.94. The largest absolute Gasteiger partial charge is 0.348 e. The average molecular weight is 391 g/mol. The van der Waals surface area contributed by atoms with Gasteiger partial charge in [0.15, 0.2) is 0 Å². The first kappa shape index (κ1) is 17.3. The molecule has 29 heavy (non-hydrogen) atoms. The van der Waals surface area contributed by atoms with Crippen molar-refractivity contribution in [3.05, 3.63) is 77.7 Å². The number of rotatable bonds is 4. The number of anilines is 2. The molecular formula is C21H15F2N5O. The van der Waals surface area contributed by atoms with Gasteiger partial charge in [-0.15, -0.1) is 0 Å². The fourth-order valence-electron chi connectivity index (χ4n) is 3.60. The number of pyridine rings is 2. The molecule has 1 amide bonds. The molecule has 0 spiro atoms. The molecule has 2 N–H and O–H groups in total. The first-order valence-corrected chi connectivity index (χ1v) is 8.99. The maximum atomic E-state index is 13.0. The second kappa shape index (κ2) is 6.66. The molecule has 0 bridgehead atoms. The number of hydrogen-bond acceptors (Lipinski definition) is 4. The van der Waals surface area contributed by atoms with E-state index in [1.165, 1.54) is 12.1 Å². The Balaban J connectivity index is 1.62. The number of fused-ring (bicyclic) bond motifs is 2. The Morgan fingerprint density at radius 1 is 1.14 bits per heavy atom. The van der Waals surface area contributed by atoms with Gasteiger partial charge in [0.25, 0.3) is 12.3 Å². The van der Waals surface area contributed by atoms with Crippen LogP contribution in [0.5, 0.6) is 0 Å². The molecule has 0 atom stereocenters. The van der Waals surface area contributed by atoms with E-state index in [2.05, 4.69) is 20.6 Å². The van der Waals surface area contributed by atoms with Gasteiger partial charge in [0.1, 0.15) is 11.5 Å². The molecule has 4 heterocycles. The van der Waals surface area contributed by atoms with Gasteiger partial charge in [-0.2, -0.15) is 0 Å². The van der Waals surface area contributed by atoms with Crippen LogP contribution in [0.1, 0.15) is 27.9 Å². The van der Waals surface area contributed by atoms with Crippen LogP contribution in [0.25, 0.3) is 16.9 Å². The molecule has 0 saturated carbocycles. The zero-order valence-electron chi connectivity index (χ0n) is 15.1. The van der Waals surface area contributed by atoms with Crippen LogP contribution in [0.2, 0.25) is 0 Å². The van der Waals surface area contributed by atoms with Crippen LogP contribution in [0.15, 0.2) is 61.1 Å². The summed E-state index contributed by atoms with van der Waals surface area (Å²) >= 11 is 0. The Morgan fingerprint density at radius 3 is 2.83 bits per heavy atom.